The SMILES string of the molecule is CCN(CC(C)C)C(=O)Nc1ccc(C(=O)O)cc1C. The van der Waals surface area contributed by atoms with Crippen LogP contribution in [0.1, 0.15) is 36.7 Å². The van der Waals surface area contributed by atoms with E-state index < -0.39 is 5.97 Å². The van der Waals surface area contributed by atoms with E-state index in [0.29, 0.717) is 24.7 Å². The molecule has 1 rings (SSSR count). The molecular weight excluding hydrogens is 256 g/mol. The van der Waals surface area contributed by atoms with E-state index in [9.17, 15) is 9.59 Å². The van der Waals surface area contributed by atoms with Crippen LogP contribution in [0.2, 0.25) is 0 Å². The number of aryl methyl sites for hydroxylation is 1. The first-order valence-electron chi connectivity index (χ1n) is 6.75. The number of anilines is 1. The van der Waals surface area contributed by atoms with Gasteiger partial charge in [0.25, 0.3) is 0 Å². The lowest BCUT2D eigenvalue weighted by atomic mass is 10.1. The second-order valence-electron chi connectivity index (χ2n) is 5.20. The fraction of sp³-hybridized carbons (Fsp3) is 0.467. The van der Waals surface area contributed by atoms with Crippen molar-refractivity contribution in [3.8, 4) is 0 Å². The van der Waals surface area contributed by atoms with Crippen molar-refractivity contribution in [2.45, 2.75) is 27.7 Å². The van der Waals surface area contributed by atoms with Gasteiger partial charge >= 0.3 is 12.0 Å². The number of hydrogen-bond acceptors (Lipinski definition) is 2. The largest absolute Gasteiger partial charge is 0.478 e. The van der Waals surface area contributed by atoms with Crippen LogP contribution in [0, 0.1) is 12.8 Å². The summed E-state index contributed by atoms with van der Waals surface area (Å²) in [5, 5.41) is 11.7. The summed E-state index contributed by atoms with van der Waals surface area (Å²) in [7, 11) is 0. The molecule has 0 unspecified atom stereocenters. The van der Waals surface area contributed by atoms with E-state index in [-0.39, 0.29) is 11.6 Å². The van der Waals surface area contributed by atoms with Gasteiger partial charge in [0.1, 0.15) is 0 Å². The molecule has 0 bridgehead atoms. The molecule has 1 aromatic rings. The third-order valence-electron chi connectivity index (χ3n) is 2.97. The molecule has 0 aromatic heterocycles. The number of carbonyl (C=O) groups is 2. The van der Waals surface area contributed by atoms with Crippen LogP contribution in [-0.2, 0) is 0 Å². The number of carbonyl (C=O) groups excluding carboxylic acids is 1. The van der Waals surface area contributed by atoms with Gasteiger partial charge in [-0.15, -0.1) is 0 Å². The standard InChI is InChI=1S/C15H22N2O3/c1-5-17(9-10(2)3)15(20)16-13-7-6-12(14(18)19)8-11(13)4/h6-8,10H,5,9H2,1-4H3,(H,16,20)(H,18,19). The van der Waals surface area contributed by atoms with E-state index in [1.807, 2.05) is 6.92 Å². The number of benzene rings is 1. The van der Waals surface area contributed by atoms with Crippen molar-refractivity contribution in [3.05, 3.63) is 29.3 Å². The van der Waals surface area contributed by atoms with Crippen LogP contribution >= 0.6 is 0 Å². The summed E-state index contributed by atoms with van der Waals surface area (Å²) in [4.78, 5) is 24.7. The molecule has 5 heteroatoms. The van der Waals surface area contributed by atoms with Crippen LogP contribution in [0.5, 0.6) is 0 Å². The number of urea groups is 1. The molecule has 0 saturated carbocycles. The van der Waals surface area contributed by atoms with Gasteiger partial charge in [-0.1, -0.05) is 13.8 Å². The quantitative estimate of drug-likeness (QED) is 0.869. The van der Waals surface area contributed by atoms with Crippen molar-refractivity contribution in [1.29, 1.82) is 0 Å². The molecular formula is C15H22N2O3. The number of amides is 2. The number of nitrogens with zero attached hydrogens (tertiary/aromatic N) is 1. The van der Waals surface area contributed by atoms with Crippen LogP contribution in [0.3, 0.4) is 0 Å². The maximum Gasteiger partial charge on any atom is 0.335 e. The summed E-state index contributed by atoms with van der Waals surface area (Å²) < 4.78 is 0. The smallest absolute Gasteiger partial charge is 0.335 e. The molecule has 110 valence electrons. The summed E-state index contributed by atoms with van der Waals surface area (Å²) in [5.41, 5.74) is 1.59. The lowest BCUT2D eigenvalue weighted by Crippen LogP contribution is -2.37. The molecule has 0 spiro atoms. The van der Waals surface area contributed by atoms with Crippen molar-refractivity contribution in [2.75, 3.05) is 18.4 Å². The highest BCUT2D eigenvalue weighted by molar-refractivity contribution is 5.92. The van der Waals surface area contributed by atoms with Gasteiger partial charge in [0.05, 0.1) is 5.56 Å². The Balaban J connectivity index is 2.82. The number of carboxylic acids is 1. The molecule has 5 nitrogen and oxygen atoms in total. The summed E-state index contributed by atoms with van der Waals surface area (Å²) in [6, 6.07) is 4.51. The maximum atomic E-state index is 12.1. The second kappa shape index (κ2) is 6.93. The molecule has 0 aliphatic carbocycles. The minimum atomic E-state index is -0.971. The second-order valence-corrected chi connectivity index (χ2v) is 5.20. The Morgan fingerprint density at radius 3 is 2.45 bits per heavy atom. The normalized spacial score (nSPS) is 10.4. The Morgan fingerprint density at radius 2 is 2.00 bits per heavy atom. The lowest BCUT2D eigenvalue weighted by molar-refractivity contribution is 0.0697. The van der Waals surface area contributed by atoms with Crippen LogP contribution in [0.15, 0.2) is 18.2 Å². The third kappa shape index (κ3) is 4.26. The van der Waals surface area contributed by atoms with Gasteiger partial charge in [-0.05, 0) is 43.5 Å². The van der Waals surface area contributed by atoms with E-state index >= 15 is 0 Å². The number of nitrogens with one attached hydrogen (secondary N) is 1. The predicted molar refractivity (Wildman–Crippen MR) is 79.2 cm³/mol. The van der Waals surface area contributed by atoms with Crippen LogP contribution in [0.4, 0.5) is 10.5 Å². The Bertz CT molecular complexity index is 498. The van der Waals surface area contributed by atoms with Gasteiger partial charge in [0.15, 0.2) is 0 Å². The van der Waals surface area contributed by atoms with E-state index in [2.05, 4.69) is 19.2 Å². The van der Waals surface area contributed by atoms with Gasteiger partial charge in [0.2, 0.25) is 0 Å². The molecule has 0 fully saturated rings. The van der Waals surface area contributed by atoms with Crippen LogP contribution < -0.4 is 5.32 Å². The Kier molecular flexibility index (Phi) is 5.55. The molecule has 0 aliphatic heterocycles. The first kappa shape index (κ1) is 16.0. The average molecular weight is 278 g/mol. The highest BCUT2D eigenvalue weighted by Gasteiger charge is 2.14. The molecule has 2 N–H and O–H groups in total. The fourth-order valence-corrected chi connectivity index (χ4v) is 1.93. The minimum Gasteiger partial charge on any atom is -0.478 e. The Labute approximate surface area is 119 Å². The third-order valence-corrected chi connectivity index (χ3v) is 2.97. The summed E-state index contributed by atoms with van der Waals surface area (Å²) in [5.74, 6) is -0.572. The van der Waals surface area contributed by atoms with Crippen molar-refractivity contribution in [2.24, 2.45) is 5.92 Å². The number of rotatable bonds is 5. The van der Waals surface area contributed by atoms with E-state index in [1.165, 1.54) is 6.07 Å². The monoisotopic (exact) mass is 278 g/mol. The molecule has 0 aliphatic rings. The average Bonchev–Trinajstić information content (AvgIpc) is 2.37. The summed E-state index contributed by atoms with van der Waals surface area (Å²) in [6.07, 6.45) is 0. The van der Waals surface area contributed by atoms with Crippen LogP contribution in [0.25, 0.3) is 0 Å². The number of aromatic carboxylic acids is 1. The number of hydrogen-bond donors (Lipinski definition) is 2. The molecule has 0 atom stereocenters. The molecule has 0 heterocycles. The zero-order chi connectivity index (χ0) is 15.3. The lowest BCUT2D eigenvalue weighted by Gasteiger charge is -2.23. The van der Waals surface area contributed by atoms with Gasteiger partial charge in [0, 0.05) is 18.8 Å². The molecule has 2 amide bonds. The number of carboxylic acid groups (broad SMARTS) is 1. The zero-order valence-corrected chi connectivity index (χ0v) is 12.4. The maximum absolute atomic E-state index is 12.1. The van der Waals surface area contributed by atoms with Crippen molar-refractivity contribution in [3.63, 3.8) is 0 Å². The predicted octanol–water partition coefficient (Wildman–Crippen LogP) is 3.20. The van der Waals surface area contributed by atoms with Gasteiger partial charge < -0.3 is 15.3 Å². The minimum absolute atomic E-state index is 0.160. The van der Waals surface area contributed by atoms with Crippen molar-refractivity contribution < 1.29 is 14.7 Å². The Morgan fingerprint density at radius 1 is 1.35 bits per heavy atom. The van der Waals surface area contributed by atoms with E-state index in [0.717, 1.165) is 5.56 Å². The highest BCUT2D eigenvalue weighted by Crippen LogP contribution is 2.17. The fourth-order valence-electron chi connectivity index (χ4n) is 1.93. The topological polar surface area (TPSA) is 69.6 Å². The van der Waals surface area contributed by atoms with Crippen molar-refractivity contribution in [1.82, 2.24) is 4.90 Å². The Hall–Kier alpha value is -2.04. The molecule has 20 heavy (non-hydrogen) atoms. The molecule has 1 aromatic carbocycles. The summed E-state index contributed by atoms with van der Waals surface area (Å²) >= 11 is 0. The van der Waals surface area contributed by atoms with Gasteiger partial charge in [-0.3, -0.25) is 0 Å². The summed E-state index contributed by atoms with van der Waals surface area (Å²) in [6.45, 7) is 9.15. The first-order valence-corrected chi connectivity index (χ1v) is 6.75. The molecule has 0 saturated heterocycles. The zero-order valence-electron chi connectivity index (χ0n) is 12.4. The van der Waals surface area contributed by atoms with E-state index in [1.54, 1.807) is 24.0 Å². The first-order chi connectivity index (χ1) is 9.35. The van der Waals surface area contributed by atoms with Gasteiger partial charge in [-0.25, -0.2) is 9.59 Å². The highest BCUT2D eigenvalue weighted by atomic mass is 16.4. The van der Waals surface area contributed by atoms with E-state index in [4.69, 9.17) is 5.11 Å². The van der Waals surface area contributed by atoms with Crippen molar-refractivity contribution >= 4 is 17.7 Å². The molecule has 0 radical (unpaired) electrons. The van der Waals surface area contributed by atoms with Crippen LogP contribution in [-0.4, -0.2) is 35.1 Å². The van der Waals surface area contributed by atoms with Gasteiger partial charge in [-0.2, -0.15) is 0 Å².